The Bertz CT molecular complexity index is 1010. The lowest BCUT2D eigenvalue weighted by Crippen LogP contribution is -2.19. The molecule has 0 aliphatic carbocycles. The number of nitrogens with zero attached hydrogens (tertiary/aromatic N) is 1. The first kappa shape index (κ1) is 17.5. The number of rotatable bonds is 2. The lowest BCUT2D eigenvalue weighted by Gasteiger charge is -2.20. The van der Waals surface area contributed by atoms with Gasteiger partial charge in [0.1, 0.15) is 17.2 Å². The van der Waals surface area contributed by atoms with E-state index in [2.05, 4.69) is 10.2 Å². The third-order valence-corrected chi connectivity index (χ3v) is 5.14. The molecule has 2 heterocycles. The summed E-state index contributed by atoms with van der Waals surface area (Å²) >= 11 is 0. The molecule has 1 amide bonds. The Morgan fingerprint density at radius 3 is 2.74 bits per heavy atom. The van der Waals surface area contributed by atoms with E-state index >= 15 is 0 Å². The number of anilines is 1. The Morgan fingerprint density at radius 1 is 1.30 bits per heavy atom. The summed E-state index contributed by atoms with van der Waals surface area (Å²) < 4.78 is 19.4. The van der Waals surface area contributed by atoms with Crippen molar-refractivity contribution in [2.45, 2.75) is 18.9 Å². The zero-order chi connectivity index (χ0) is 19.1. The number of aliphatic hydroxyl groups excluding tert-OH is 1. The van der Waals surface area contributed by atoms with E-state index in [1.54, 1.807) is 19.2 Å². The minimum atomic E-state index is -0.587. The van der Waals surface area contributed by atoms with E-state index in [4.69, 9.17) is 4.42 Å². The van der Waals surface area contributed by atoms with Crippen LogP contribution in [0.15, 0.2) is 40.8 Å². The normalized spacial score (nSPS) is 16.9. The van der Waals surface area contributed by atoms with Crippen LogP contribution in [0.5, 0.6) is 0 Å². The maximum Gasteiger partial charge on any atom is 0.255 e. The van der Waals surface area contributed by atoms with Gasteiger partial charge in [-0.15, -0.1) is 0 Å². The predicted molar refractivity (Wildman–Crippen MR) is 102 cm³/mol. The van der Waals surface area contributed by atoms with E-state index in [-0.39, 0.29) is 11.7 Å². The molecule has 2 aromatic carbocycles. The van der Waals surface area contributed by atoms with Crippen LogP contribution in [-0.2, 0) is 0 Å². The number of carbonyl (C=O) groups excluding carboxylic acids is 1. The zero-order valence-corrected chi connectivity index (χ0v) is 15.3. The molecule has 1 aliphatic heterocycles. The standard InChI is InChI=1S/C21H21FN2O3/c1-23-21(26)19-15-10-14-16(24(2)9-3-4-17(14)25)11-18(15)27-20(19)12-5-7-13(22)8-6-12/h5-8,10-11,17,25H,3-4,9H2,1-2H3,(H,23,26). The van der Waals surface area contributed by atoms with E-state index in [9.17, 15) is 14.3 Å². The summed E-state index contributed by atoms with van der Waals surface area (Å²) in [5.74, 6) is -0.251. The number of furan rings is 1. The molecule has 0 radical (unpaired) electrons. The highest BCUT2D eigenvalue weighted by Crippen LogP contribution is 2.40. The molecule has 1 unspecified atom stereocenters. The molecule has 4 rings (SSSR count). The second-order valence-electron chi connectivity index (χ2n) is 6.88. The van der Waals surface area contributed by atoms with Crippen LogP contribution in [0.3, 0.4) is 0 Å². The Kier molecular flexibility index (Phi) is 4.36. The molecule has 0 bridgehead atoms. The first-order valence-electron chi connectivity index (χ1n) is 8.97. The number of amides is 1. The highest BCUT2D eigenvalue weighted by atomic mass is 19.1. The first-order valence-corrected chi connectivity index (χ1v) is 8.97. The summed E-state index contributed by atoms with van der Waals surface area (Å²) in [5.41, 5.74) is 3.26. The van der Waals surface area contributed by atoms with Gasteiger partial charge in [-0.05, 0) is 43.2 Å². The van der Waals surface area contributed by atoms with Crippen molar-refractivity contribution in [3.05, 3.63) is 53.3 Å². The highest BCUT2D eigenvalue weighted by molar-refractivity contribution is 6.11. The van der Waals surface area contributed by atoms with E-state index in [1.165, 1.54) is 12.1 Å². The predicted octanol–water partition coefficient (Wildman–Crippen LogP) is 3.86. The smallest absolute Gasteiger partial charge is 0.255 e. The molecule has 1 aliphatic rings. The second kappa shape index (κ2) is 6.70. The molecule has 1 aromatic heterocycles. The fraction of sp³-hybridized carbons (Fsp3) is 0.286. The van der Waals surface area contributed by atoms with Crippen LogP contribution < -0.4 is 10.2 Å². The van der Waals surface area contributed by atoms with Gasteiger partial charge in [0.2, 0.25) is 0 Å². The van der Waals surface area contributed by atoms with Gasteiger partial charge in [-0.3, -0.25) is 4.79 Å². The van der Waals surface area contributed by atoms with Crippen molar-refractivity contribution in [2.24, 2.45) is 0 Å². The Labute approximate surface area is 156 Å². The summed E-state index contributed by atoms with van der Waals surface area (Å²) in [6, 6.07) is 9.57. The van der Waals surface area contributed by atoms with Gasteiger partial charge in [0.25, 0.3) is 5.91 Å². The topological polar surface area (TPSA) is 65.7 Å². The molecular formula is C21H21FN2O3. The molecule has 0 saturated carbocycles. The average molecular weight is 368 g/mol. The van der Waals surface area contributed by atoms with Crippen LogP contribution in [0, 0.1) is 5.82 Å². The second-order valence-corrected chi connectivity index (χ2v) is 6.88. The van der Waals surface area contributed by atoms with Crippen molar-refractivity contribution in [2.75, 3.05) is 25.5 Å². The van der Waals surface area contributed by atoms with Gasteiger partial charge in [0, 0.05) is 48.9 Å². The Hall–Kier alpha value is -2.86. The Morgan fingerprint density at radius 2 is 2.04 bits per heavy atom. The van der Waals surface area contributed by atoms with Crippen molar-refractivity contribution in [1.29, 1.82) is 0 Å². The van der Waals surface area contributed by atoms with Gasteiger partial charge < -0.3 is 19.7 Å². The summed E-state index contributed by atoms with van der Waals surface area (Å²) in [4.78, 5) is 14.7. The van der Waals surface area contributed by atoms with Crippen molar-refractivity contribution in [3.8, 4) is 11.3 Å². The van der Waals surface area contributed by atoms with Crippen molar-refractivity contribution < 1.29 is 18.7 Å². The van der Waals surface area contributed by atoms with Gasteiger partial charge in [0.15, 0.2) is 0 Å². The SMILES string of the molecule is CNC(=O)c1c(-c2ccc(F)cc2)oc2cc3c(cc12)C(O)CCCN3C. The monoisotopic (exact) mass is 368 g/mol. The molecule has 0 saturated heterocycles. The van der Waals surface area contributed by atoms with Crippen LogP contribution in [0.1, 0.15) is 34.9 Å². The van der Waals surface area contributed by atoms with Crippen LogP contribution >= 0.6 is 0 Å². The zero-order valence-electron chi connectivity index (χ0n) is 15.3. The van der Waals surface area contributed by atoms with Crippen LogP contribution in [0.2, 0.25) is 0 Å². The number of fused-ring (bicyclic) bond motifs is 2. The highest BCUT2D eigenvalue weighted by Gasteiger charge is 2.26. The number of hydrogen-bond acceptors (Lipinski definition) is 4. The van der Waals surface area contributed by atoms with Gasteiger partial charge in [0.05, 0.1) is 11.7 Å². The van der Waals surface area contributed by atoms with E-state index in [0.29, 0.717) is 34.3 Å². The average Bonchev–Trinajstić information content (AvgIpc) is 2.98. The third kappa shape index (κ3) is 2.96. The molecule has 140 valence electrons. The van der Waals surface area contributed by atoms with Gasteiger partial charge in [-0.1, -0.05) is 0 Å². The summed E-state index contributed by atoms with van der Waals surface area (Å²) in [5, 5.41) is 13.8. The van der Waals surface area contributed by atoms with E-state index in [1.807, 2.05) is 19.2 Å². The van der Waals surface area contributed by atoms with Crippen molar-refractivity contribution >= 4 is 22.6 Å². The molecule has 5 nitrogen and oxygen atoms in total. The fourth-order valence-corrected chi connectivity index (χ4v) is 3.70. The maximum absolute atomic E-state index is 13.3. The molecular weight excluding hydrogens is 347 g/mol. The minimum Gasteiger partial charge on any atom is -0.455 e. The van der Waals surface area contributed by atoms with Gasteiger partial charge >= 0.3 is 0 Å². The quantitative estimate of drug-likeness (QED) is 0.721. The third-order valence-electron chi connectivity index (χ3n) is 5.14. The number of aliphatic hydroxyl groups is 1. The number of benzene rings is 2. The first-order chi connectivity index (χ1) is 13.0. The Balaban J connectivity index is 1.99. The molecule has 27 heavy (non-hydrogen) atoms. The van der Waals surface area contributed by atoms with Gasteiger partial charge in [-0.25, -0.2) is 4.39 Å². The summed E-state index contributed by atoms with van der Waals surface area (Å²) in [6.07, 6.45) is 0.966. The molecule has 3 aromatic rings. The van der Waals surface area contributed by atoms with E-state index in [0.717, 1.165) is 24.2 Å². The van der Waals surface area contributed by atoms with Crippen molar-refractivity contribution in [1.82, 2.24) is 5.32 Å². The molecule has 6 heteroatoms. The molecule has 0 fully saturated rings. The van der Waals surface area contributed by atoms with Crippen LogP contribution in [0.4, 0.5) is 10.1 Å². The number of hydrogen-bond donors (Lipinski definition) is 2. The number of nitrogens with one attached hydrogen (secondary N) is 1. The van der Waals surface area contributed by atoms with Crippen LogP contribution in [-0.4, -0.2) is 31.7 Å². The fourth-order valence-electron chi connectivity index (χ4n) is 3.70. The molecule has 0 spiro atoms. The molecule has 1 atom stereocenters. The number of carbonyl (C=O) groups is 1. The molecule has 2 N–H and O–H groups in total. The van der Waals surface area contributed by atoms with Crippen molar-refractivity contribution in [3.63, 3.8) is 0 Å². The van der Waals surface area contributed by atoms with E-state index < -0.39 is 6.10 Å². The number of halogens is 1. The summed E-state index contributed by atoms with van der Waals surface area (Å²) in [6.45, 7) is 0.837. The maximum atomic E-state index is 13.3. The largest absolute Gasteiger partial charge is 0.455 e. The van der Waals surface area contributed by atoms with Gasteiger partial charge in [-0.2, -0.15) is 0 Å². The summed E-state index contributed by atoms with van der Waals surface area (Å²) in [7, 11) is 3.54. The lowest BCUT2D eigenvalue weighted by molar-refractivity contribution is 0.0964. The van der Waals surface area contributed by atoms with Crippen LogP contribution in [0.25, 0.3) is 22.3 Å². The minimum absolute atomic E-state index is 0.288. The lowest BCUT2D eigenvalue weighted by atomic mass is 9.99.